The van der Waals surface area contributed by atoms with E-state index in [2.05, 4.69) is 22.2 Å². The van der Waals surface area contributed by atoms with Crippen LogP contribution in [0.15, 0.2) is 23.8 Å². The summed E-state index contributed by atoms with van der Waals surface area (Å²) < 4.78 is 0. The SMILES string of the molecule is CCC(Nc1ncc(Cl)cc1Cl)c1nccs1. The fraction of sp³-hybridized carbons (Fsp3) is 0.273. The molecule has 1 atom stereocenters. The van der Waals surface area contributed by atoms with Gasteiger partial charge in [0.25, 0.3) is 0 Å². The van der Waals surface area contributed by atoms with Gasteiger partial charge in [0.2, 0.25) is 0 Å². The van der Waals surface area contributed by atoms with Crippen LogP contribution in [0, 0.1) is 0 Å². The van der Waals surface area contributed by atoms with Gasteiger partial charge in [0.05, 0.1) is 16.1 Å². The van der Waals surface area contributed by atoms with Crippen molar-refractivity contribution in [2.75, 3.05) is 5.32 Å². The topological polar surface area (TPSA) is 37.8 Å². The van der Waals surface area contributed by atoms with Gasteiger partial charge in [0.15, 0.2) is 0 Å². The minimum atomic E-state index is 0.126. The summed E-state index contributed by atoms with van der Waals surface area (Å²) >= 11 is 13.5. The zero-order valence-electron chi connectivity index (χ0n) is 9.15. The molecule has 1 unspecified atom stereocenters. The van der Waals surface area contributed by atoms with Gasteiger partial charge in [-0.05, 0) is 12.5 Å². The average molecular weight is 288 g/mol. The van der Waals surface area contributed by atoms with Gasteiger partial charge < -0.3 is 5.32 Å². The zero-order valence-corrected chi connectivity index (χ0v) is 11.5. The van der Waals surface area contributed by atoms with Crippen molar-refractivity contribution in [1.82, 2.24) is 9.97 Å². The summed E-state index contributed by atoms with van der Waals surface area (Å²) in [4.78, 5) is 8.47. The number of rotatable bonds is 4. The van der Waals surface area contributed by atoms with E-state index in [9.17, 15) is 0 Å². The highest BCUT2D eigenvalue weighted by Gasteiger charge is 2.14. The Balaban J connectivity index is 2.19. The van der Waals surface area contributed by atoms with Crippen LogP contribution in [0.2, 0.25) is 10.0 Å². The first-order valence-electron chi connectivity index (χ1n) is 5.17. The number of aromatic nitrogens is 2. The van der Waals surface area contributed by atoms with E-state index in [1.807, 2.05) is 5.38 Å². The van der Waals surface area contributed by atoms with E-state index >= 15 is 0 Å². The predicted molar refractivity (Wildman–Crippen MR) is 73.0 cm³/mol. The molecule has 2 aromatic heterocycles. The van der Waals surface area contributed by atoms with Crippen LogP contribution in [0.1, 0.15) is 24.4 Å². The van der Waals surface area contributed by atoms with Crippen LogP contribution in [-0.4, -0.2) is 9.97 Å². The van der Waals surface area contributed by atoms with Crippen molar-refractivity contribution >= 4 is 40.4 Å². The van der Waals surface area contributed by atoms with Crippen molar-refractivity contribution < 1.29 is 0 Å². The summed E-state index contributed by atoms with van der Waals surface area (Å²) in [6.45, 7) is 2.09. The van der Waals surface area contributed by atoms with Gasteiger partial charge in [0.1, 0.15) is 10.8 Å². The highest BCUT2D eigenvalue weighted by molar-refractivity contribution is 7.09. The molecule has 0 amide bonds. The summed E-state index contributed by atoms with van der Waals surface area (Å²) in [6.07, 6.45) is 4.28. The van der Waals surface area contributed by atoms with Crippen LogP contribution in [0.4, 0.5) is 5.82 Å². The van der Waals surface area contributed by atoms with Gasteiger partial charge in [-0.2, -0.15) is 0 Å². The number of pyridine rings is 1. The minimum absolute atomic E-state index is 0.126. The van der Waals surface area contributed by atoms with E-state index in [4.69, 9.17) is 23.2 Å². The van der Waals surface area contributed by atoms with E-state index in [0.29, 0.717) is 15.9 Å². The monoisotopic (exact) mass is 287 g/mol. The minimum Gasteiger partial charge on any atom is -0.360 e. The van der Waals surface area contributed by atoms with Crippen molar-refractivity contribution in [2.45, 2.75) is 19.4 Å². The Morgan fingerprint density at radius 2 is 2.24 bits per heavy atom. The molecule has 90 valence electrons. The highest BCUT2D eigenvalue weighted by Crippen LogP contribution is 2.28. The normalized spacial score (nSPS) is 12.4. The molecule has 1 N–H and O–H groups in total. The van der Waals surface area contributed by atoms with Crippen molar-refractivity contribution in [3.05, 3.63) is 38.9 Å². The summed E-state index contributed by atoms with van der Waals surface area (Å²) in [5, 5.41) is 7.31. The molecule has 0 bridgehead atoms. The zero-order chi connectivity index (χ0) is 12.3. The van der Waals surface area contributed by atoms with Gasteiger partial charge in [-0.3, -0.25) is 0 Å². The fourth-order valence-electron chi connectivity index (χ4n) is 1.43. The van der Waals surface area contributed by atoms with Crippen LogP contribution in [0.25, 0.3) is 0 Å². The quantitative estimate of drug-likeness (QED) is 0.905. The van der Waals surface area contributed by atoms with Gasteiger partial charge in [-0.15, -0.1) is 11.3 Å². The molecule has 0 radical (unpaired) electrons. The van der Waals surface area contributed by atoms with Crippen LogP contribution in [0.3, 0.4) is 0 Å². The lowest BCUT2D eigenvalue weighted by Gasteiger charge is -2.15. The highest BCUT2D eigenvalue weighted by atomic mass is 35.5. The van der Waals surface area contributed by atoms with Gasteiger partial charge in [-0.1, -0.05) is 30.1 Å². The Morgan fingerprint density at radius 1 is 1.41 bits per heavy atom. The van der Waals surface area contributed by atoms with Crippen LogP contribution >= 0.6 is 34.5 Å². The molecule has 0 aromatic carbocycles. The molecule has 2 rings (SSSR count). The van der Waals surface area contributed by atoms with Crippen molar-refractivity contribution in [1.29, 1.82) is 0 Å². The molecule has 17 heavy (non-hydrogen) atoms. The molecule has 2 aromatic rings. The number of nitrogens with one attached hydrogen (secondary N) is 1. The Bertz CT molecular complexity index is 487. The molecule has 0 saturated heterocycles. The molecule has 6 heteroatoms. The lowest BCUT2D eigenvalue weighted by Crippen LogP contribution is -2.10. The van der Waals surface area contributed by atoms with Crippen LogP contribution in [0.5, 0.6) is 0 Å². The van der Waals surface area contributed by atoms with E-state index in [1.165, 1.54) is 0 Å². The van der Waals surface area contributed by atoms with Gasteiger partial charge in [-0.25, -0.2) is 9.97 Å². The first kappa shape index (κ1) is 12.6. The van der Waals surface area contributed by atoms with E-state index in [0.717, 1.165) is 11.4 Å². The lowest BCUT2D eigenvalue weighted by molar-refractivity contribution is 0.737. The number of anilines is 1. The fourth-order valence-corrected chi connectivity index (χ4v) is 2.64. The maximum Gasteiger partial charge on any atom is 0.145 e. The van der Waals surface area contributed by atoms with Crippen molar-refractivity contribution in [2.24, 2.45) is 0 Å². The standard InChI is InChI=1S/C11H11Cl2N3S/c1-2-9(11-14-3-4-17-11)16-10-8(13)5-7(12)6-15-10/h3-6,9H,2H2,1H3,(H,15,16). The van der Waals surface area contributed by atoms with E-state index < -0.39 is 0 Å². The maximum atomic E-state index is 6.07. The molecule has 0 aliphatic rings. The molecule has 0 saturated carbocycles. The number of halogens is 2. The predicted octanol–water partition coefficient (Wildman–Crippen LogP) is 4.41. The number of thiazole rings is 1. The molecular weight excluding hydrogens is 277 g/mol. The Hall–Kier alpha value is -0.840. The summed E-state index contributed by atoms with van der Waals surface area (Å²) in [5.41, 5.74) is 0. The summed E-state index contributed by atoms with van der Waals surface area (Å²) in [5.74, 6) is 0.637. The number of hydrogen-bond acceptors (Lipinski definition) is 4. The summed E-state index contributed by atoms with van der Waals surface area (Å²) in [6, 6.07) is 1.80. The lowest BCUT2D eigenvalue weighted by atomic mass is 10.2. The maximum absolute atomic E-state index is 6.07. The van der Waals surface area contributed by atoms with E-state index in [-0.39, 0.29) is 6.04 Å². The molecule has 0 aliphatic heterocycles. The Labute approximate surface area is 114 Å². The van der Waals surface area contributed by atoms with Crippen LogP contribution < -0.4 is 5.32 Å². The van der Waals surface area contributed by atoms with E-state index in [1.54, 1.807) is 29.8 Å². The first-order chi connectivity index (χ1) is 8.20. The summed E-state index contributed by atoms with van der Waals surface area (Å²) in [7, 11) is 0. The first-order valence-corrected chi connectivity index (χ1v) is 6.81. The smallest absolute Gasteiger partial charge is 0.145 e. The third kappa shape index (κ3) is 3.09. The molecule has 0 fully saturated rings. The number of hydrogen-bond donors (Lipinski definition) is 1. The third-order valence-corrected chi connectivity index (χ3v) is 3.66. The average Bonchev–Trinajstić information content (AvgIpc) is 2.81. The van der Waals surface area contributed by atoms with Crippen molar-refractivity contribution in [3.63, 3.8) is 0 Å². The Morgan fingerprint density at radius 3 is 2.82 bits per heavy atom. The second-order valence-electron chi connectivity index (χ2n) is 3.46. The molecule has 0 spiro atoms. The second kappa shape index (κ2) is 5.67. The third-order valence-electron chi connectivity index (χ3n) is 2.28. The second-order valence-corrected chi connectivity index (χ2v) is 5.23. The van der Waals surface area contributed by atoms with Gasteiger partial charge >= 0.3 is 0 Å². The number of nitrogens with zero attached hydrogens (tertiary/aromatic N) is 2. The van der Waals surface area contributed by atoms with Crippen molar-refractivity contribution in [3.8, 4) is 0 Å². The Kier molecular flexibility index (Phi) is 4.20. The molecule has 0 aliphatic carbocycles. The van der Waals surface area contributed by atoms with Crippen LogP contribution in [-0.2, 0) is 0 Å². The molecule has 3 nitrogen and oxygen atoms in total. The largest absolute Gasteiger partial charge is 0.360 e. The molecule has 2 heterocycles. The molecular formula is C11H11Cl2N3S. The van der Waals surface area contributed by atoms with Gasteiger partial charge in [0, 0.05) is 17.8 Å².